The van der Waals surface area contributed by atoms with Crippen LogP contribution < -0.4 is 5.32 Å². The summed E-state index contributed by atoms with van der Waals surface area (Å²) in [5.41, 5.74) is 2.10. The molecule has 0 spiro atoms. The molecule has 0 aliphatic heterocycles. The van der Waals surface area contributed by atoms with Crippen molar-refractivity contribution in [1.29, 1.82) is 0 Å². The zero-order valence-electron chi connectivity index (χ0n) is 10.2. The second-order valence-corrected chi connectivity index (χ2v) is 4.73. The lowest BCUT2D eigenvalue weighted by Gasteiger charge is -2.07. The molecule has 2 aromatic rings. The Hall–Kier alpha value is -1.78. The predicted molar refractivity (Wildman–Crippen MR) is 65.9 cm³/mol. The molecular formula is C12H17N5. The first-order valence-electron chi connectivity index (χ1n) is 5.99. The van der Waals surface area contributed by atoms with Crippen molar-refractivity contribution < 1.29 is 0 Å². The van der Waals surface area contributed by atoms with E-state index in [0.717, 1.165) is 23.9 Å². The third-order valence-electron chi connectivity index (χ3n) is 2.91. The van der Waals surface area contributed by atoms with E-state index < -0.39 is 0 Å². The predicted octanol–water partition coefficient (Wildman–Crippen LogP) is 1.55. The Kier molecular flexibility index (Phi) is 2.39. The van der Waals surface area contributed by atoms with Gasteiger partial charge in [-0.05, 0) is 25.8 Å². The lowest BCUT2D eigenvalue weighted by atomic mass is 10.4. The summed E-state index contributed by atoms with van der Waals surface area (Å²) in [5.74, 6) is 0.968. The quantitative estimate of drug-likeness (QED) is 0.868. The first-order valence-corrected chi connectivity index (χ1v) is 5.99. The minimum atomic E-state index is 0.624. The standard InChI is InChI=1S/C12H17N5/c1-9-7-17(8-11-5-6-16(2)15-11)12(13-9)14-10-3-4-10/h5-7,10H,3-4,8H2,1-2H3,(H,13,14). The van der Waals surface area contributed by atoms with Gasteiger partial charge in [-0.15, -0.1) is 0 Å². The summed E-state index contributed by atoms with van der Waals surface area (Å²) in [6.07, 6.45) is 6.55. The van der Waals surface area contributed by atoms with E-state index in [0.29, 0.717) is 6.04 Å². The Balaban J connectivity index is 1.80. The lowest BCUT2D eigenvalue weighted by molar-refractivity contribution is 0.707. The van der Waals surface area contributed by atoms with Crippen LogP contribution in [0, 0.1) is 6.92 Å². The van der Waals surface area contributed by atoms with E-state index in [2.05, 4.69) is 26.2 Å². The first kappa shape index (κ1) is 10.4. The van der Waals surface area contributed by atoms with Crippen LogP contribution in [0.15, 0.2) is 18.5 Å². The molecular weight excluding hydrogens is 214 g/mol. The summed E-state index contributed by atoms with van der Waals surface area (Å²) in [6, 6.07) is 2.66. The van der Waals surface area contributed by atoms with Crippen molar-refractivity contribution in [2.75, 3.05) is 5.32 Å². The zero-order chi connectivity index (χ0) is 11.8. The summed E-state index contributed by atoms with van der Waals surface area (Å²) in [5, 5.41) is 7.84. The molecule has 1 saturated carbocycles. The molecule has 0 aromatic carbocycles. The van der Waals surface area contributed by atoms with E-state index in [1.807, 2.05) is 30.9 Å². The van der Waals surface area contributed by atoms with Crippen molar-refractivity contribution in [2.45, 2.75) is 32.4 Å². The van der Waals surface area contributed by atoms with Gasteiger partial charge in [0.1, 0.15) is 0 Å². The van der Waals surface area contributed by atoms with Gasteiger partial charge in [0.2, 0.25) is 5.95 Å². The molecule has 1 fully saturated rings. The molecule has 1 aliphatic carbocycles. The second kappa shape index (κ2) is 3.91. The molecule has 2 heterocycles. The normalized spacial score (nSPS) is 15.2. The van der Waals surface area contributed by atoms with Crippen LogP contribution in [0.1, 0.15) is 24.2 Å². The number of aromatic nitrogens is 4. The number of hydrogen-bond acceptors (Lipinski definition) is 3. The van der Waals surface area contributed by atoms with Crippen LogP contribution in [0.25, 0.3) is 0 Å². The van der Waals surface area contributed by atoms with Crippen molar-refractivity contribution in [3.63, 3.8) is 0 Å². The third-order valence-corrected chi connectivity index (χ3v) is 2.91. The molecule has 0 unspecified atom stereocenters. The molecule has 0 bridgehead atoms. The van der Waals surface area contributed by atoms with E-state index in [9.17, 15) is 0 Å². The fourth-order valence-electron chi connectivity index (χ4n) is 1.91. The number of imidazole rings is 1. The Morgan fingerprint density at radius 2 is 2.29 bits per heavy atom. The summed E-state index contributed by atoms with van der Waals surface area (Å²) >= 11 is 0. The Morgan fingerprint density at radius 3 is 2.94 bits per heavy atom. The van der Waals surface area contributed by atoms with Gasteiger partial charge in [0, 0.05) is 25.5 Å². The van der Waals surface area contributed by atoms with E-state index in [-0.39, 0.29) is 0 Å². The number of nitrogens with zero attached hydrogens (tertiary/aromatic N) is 4. The number of hydrogen-bond donors (Lipinski definition) is 1. The molecule has 0 saturated heterocycles. The van der Waals surface area contributed by atoms with Crippen molar-refractivity contribution in [3.8, 4) is 0 Å². The van der Waals surface area contributed by atoms with Gasteiger partial charge in [0.25, 0.3) is 0 Å². The zero-order valence-corrected chi connectivity index (χ0v) is 10.2. The van der Waals surface area contributed by atoms with Crippen LogP contribution in [0.5, 0.6) is 0 Å². The van der Waals surface area contributed by atoms with Crippen LogP contribution >= 0.6 is 0 Å². The Morgan fingerprint density at radius 1 is 1.47 bits per heavy atom. The average molecular weight is 231 g/mol. The molecule has 0 amide bonds. The molecule has 1 aliphatic rings. The largest absolute Gasteiger partial charge is 0.353 e. The van der Waals surface area contributed by atoms with Gasteiger partial charge >= 0.3 is 0 Å². The van der Waals surface area contributed by atoms with Crippen LogP contribution in [0.2, 0.25) is 0 Å². The van der Waals surface area contributed by atoms with Gasteiger partial charge in [0.05, 0.1) is 17.9 Å². The topological polar surface area (TPSA) is 47.7 Å². The fraction of sp³-hybridized carbons (Fsp3) is 0.500. The van der Waals surface area contributed by atoms with Gasteiger partial charge in [-0.2, -0.15) is 5.10 Å². The molecule has 5 nitrogen and oxygen atoms in total. The minimum Gasteiger partial charge on any atom is -0.353 e. The highest BCUT2D eigenvalue weighted by molar-refractivity contribution is 5.32. The fourth-order valence-corrected chi connectivity index (χ4v) is 1.91. The summed E-state index contributed by atoms with van der Waals surface area (Å²) < 4.78 is 3.96. The first-order chi connectivity index (χ1) is 8.20. The second-order valence-electron chi connectivity index (χ2n) is 4.73. The molecule has 0 atom stereocenters. The van der Waals surface area contributed by atoms with Gasteiger partial charge in [-0.25, -0.2) is 4.98 Å². The Bertz CT molecular complexity index is 521. The number of anilines is 1. The van der Waals surface area contributed by atoms with Gasteiger partial charge in [-0.1, -0.05) is 0 Å². The van der Waals surface area contributed by atoms with Crippen molar-refractivity contribution in [3.05, 3.63) is 29.8 Å². The Labute approximate surface area is 100 Å². The number of aryl methyl sites for hydroxylation is 2. The van der Waals surface area contributed by atoms with E-state index in [4.69, 9.17) is 0 Å². The van der Waals surface area contributed by atoms with Crippen LogP contribution in [0.3, 0.4) is 0 Å². The number of nitrogens with one attached hydrogen (secondary N) is 1. The molecule has 2 aromatic heterocycles. The van der Waals surface area contributed by atoms with Crippen LogP contribution in [-0.4, -0.2) is 25.4 Å². The summed E-state index contributed by atoms with van der Waals surface area (Å²) in [4.78, 5) is 4.51. The average Bonchev–Trinajstić information content (AvgIpc) is 2.89. The maximum Gasteiger partial charge on any atom is 0.203 e. The van der Waals surface area contributed by atoms with E-state index in [1.165, 1.54) is 12.8 Å². The minimum absolute atomic E-state index is 0.624. The monoisotopic (exact) mass is 231 g/mol. The van der Waals surface area contributed by atoms with Gasteiger partial charge < -0.3 is 9.88 Å². The maximum atomic E-state index is 4.51. The smallest absolute Gasteiger partial charge is 0.203 e. The van der Waals surface area contributed by atoms with Crippen LogP contribution in [0.4, 0.5) is 5.95 Å². The van der Waals surface area contributed by atoms with E-state index >= 15 is 0 Å². The van der Waals surface area contributed by atoms with E-state index in [1.54, 1.807) is 0 Å². The highest BCUT2D eigenvalue weighted by Gasteiger charge is 2.23. The molecule has 17 heavy (non-hydrogen) atoms. The highest BCUT2D eigenvalue weighted by Crippen LogP contribution is 2.24. The summed E-state index contributed by atoms with van der Waals surface area (Å²) in [7, 11) is 1.94. The van der Waals surface area contributed by atoms with Crippen LogP contribution in [-0.2, 0) is 13.6 Å². The maximum absolute atomic E-state index is 4.51. The highest BCUT2D eigenvalue weighted by atomic mass is 15.3. The lowest BCUT2D eigenvalue weighted by Crippen LogP contribution is -2.10. The van der Waals surface area contributed by atoms with Gasteiger partial charge in [-0.3, -0.25) is 4.68 Å². The van der Waals surface area contributed by atoms with Crippen molar-refractivity contribution in [2.24, 2.45) is 7.05 Å². The van der Waals surface area contributed by atoms with Crippen molar-refractivity contribution >= 4 is 5.95 Å². The molecule has 3 rings (SSSR count). The molecule has 5 heteroatoms. The SMILES string of the molecule is Cc1cn(Cc2ccn(C)n2)c(NC2CC2)n1. The van der Waals surface area contributed by atoms with Gasteiger partial charge in [0.15, 0.2) is 0 Å². The van der Waals surface area contributed by atoms with Crippen molar-refractivity contribution in [1.82, 2.24) is 19.3 Å². The molecule has 1 N–H and O–H groups in total. The third kappa shape index (κ3) is 2.33. The molecule has 90 valence electrons. The number of rotatable bonds is 4. The molecule has 0 radical (unpaired) electrons. The summed E-state index contributed by atoms with van der Waals surface area (Å²) in [6.45, 7) is 2.80.